The van der Waals surface area contributed by atoms with Crippen molar-refractivity contribution in [3.8, 4) is 5.75 Å². The number of hydrogen-bond acceptors (Lipinski definition) is 3. The molecule has 2 aromatic rings. The zero-order valence-electron chi connectivity index (χ0n) is 14.2. The molecule has 0 aliphatic carbocycles. The van der Waals surface area contributed by atoms with Gasteiger partial charge in [0.2, 0.25) is 0 Å². The van der Waals surface area contributed by atoms with E-state index in [2.05, 4.69) is 12.1 Å². The van der Waals surface area contributed by atoms with Crippen molar-refractivity contribution in [2.45, 2.75) is 25.6 Å². The average molecular weight is 360 g/mol. The van der Waals surface area contributed by atoms with Gasteiger partial charge in [0.25, 0.3) is 5.91 Å². The van der Waals surface area contributed by atoms with E-state index in [4.69, 9.17) is 21.1 Å². The van der Waals surface area contributed by atoms with Crippen LogP contribution in [0.3, 0.4) is 0 Å². The Morgan fingerprint density at radius 1 is 1.24 bits per heavy atom. The predicted molar refractivity (Wildman–Crippen MR) is 98.0 cm³/mol. The third kappa shape index (κ3) is 4.74. The summed E-state index contributed by atoms with van der Waals surface area (Å²) in [4.78, 5) is 14.5. The first-order valence-corrected chi connectivity index (χ1v) is 8.87. The van der Waals surface area contributed by atoms with Gasteiger partial charge >= 0.3 is 0 Å². The lowest BCUT2D eigenvalue weighted by molar-refractivity contribution is -0.145. The van der Waals surface area contributed by atoms with Crippen LogP contribution in [0.15, 0.2) is 54.6 Å². The van der Waals surface area contributed by atoms with Gasteiger partial charge in [-0.05, 0) is 24.6 Å². The molecule has 25 heavy (non-hydrogen) atoms. The first-order chi connectivity index (χ1) is 12.1. The van der Waals surface area contributed by atoms with E-state index in [1.165, 1.54) is 5.56 Å². The van der Waals surface area contributed by atoms with E-state index >= 15 is 0 Å². The Bertz CT molecular complexity index is 707. The van der Waals surface area contributed by atoms with Crippen LogP contribution in [0.2, 0.25) is 5.02 Å². The third-order valence-electron chi connectivity index (χ3n) is 4.24. The summed E-state index contributed by atoms with van der Waals surface area (Å²) in [5, 5.41) is 0.506. The molecule has 2 unspecified atom stereocenters. The van der Waals surface area contributed by atoms with Crippen molar-refractivity contribution in [1.82, 2.24) is 4.90 Å². The Morgan fingerprint density at radius 3 is 2.72 bits per heavy atom. The Kier molecular flexibility index (Phi) is 5.95. The van der Waals surface area contributed by atoms with Crippen molar-refractivity contribution in [3.63, 3.8) is 0 Å². The fourth-order valence-corrected chi connectivity index (χ4v) is 3.14. The second-order valence-electron chi connectivity index (χ2n) is 6.16. The monoisotopic (exact) mass is 359 g/mol. The van der Waals surface area contributed by atoms with E-state index < -0.39 is 6.10 Å². The molecule has 2 atom stereocenters. The summed E-state index contributed by atoms with van der Waals surface area (Å²) in [5.74, 6) is 0.486. The Morgan fingerprint density at radius 2 is 1.96 bits per heavy atom. The molecule has 0 radical (unpaired) electrons. The molecule has 132 valence electrons. The number of halogens is 1. The molecule has 0 spiro atoms. The molecule has 1 heterocycles. The number of amides is 1. The minimum atomic E-state index is -0.588. The molecule has 0 aromatic heterocycles. The lowest BCUT2D eigenvalue weighted by Crippen LogP contribution is -2.50. The van der Waals surface area contributed by atoms with Crippen molar-refractivity contribution < 1.29 is 14.3 Å². The number of para-hydroxylation sites is 1. The zero-order chi connectivity index (χ0) is 17.6. The summed E-state index contributed by atoms with van der Waals surface area (Å²) in [6.07, 6.45) is 0.215. The molecule has 0 bridgehead atoms. The van der Waals surface area contributed by atoms with Gasteiger partial charge in [-0.1, -0.05) is 54.1 Å². The first-order valence-electron chi connectivity index (χ1n) is 8.49. The molecule has 1 aliphatic rings. The lowest BCUT2D eigenvalue weighted by atomic mass is 10.1. The van der Waals surface area contributed by atoms with E-state index in [-0.39, 0.29) is 12.0 Å². The fraction of sp³-hybridized carbons (Fsp3) is 0.350. The van der Waals surface area contributed by atoms with Gasteiger partial charge in [0.1, 0.15) is 5.75 Å². The fourth-order valence-electron chi connectivity index (χ4n) is 2.96. The highest BCUT2D eigenvalue weighted by atomic mass is 35.5. The summed E-state index contributed by atoms with van der Waals surface area (Å²) in [6.45, 7) is 3.46. The van der Waals surface area contributed by atoms with Crippen LogP contribution >= 0.6 is 11.6 Å². The van der Waals surface area contributed by atoms with Crippen molar-refractivity contribution in [2.75, 3.05) is 19.7 Å². The molecule has 4 nitrogen and oxygen atoms in total. The first kappa shape index (κ1) is 17.8. The van der Waals surface area contributed by atoms with Crippen molar-refractivity contribution in [1.29, 1.82) is 0 Å². The predicted octanol–water partition coefficient (Wildman–Crippen LogP) is 3.58. The molecule has 0 saturated carbocycles. The number of carbonyl (C=O) groups excluding carboxylic acids is 1. The van der Waals surface area contributed by atoms with E-state index in [0.29, 0.717) is 30.5 Å². The van der Waals surface area contributed by atoms with E-state index in [0.717, 1.165) is 6.42 Å². The van der Waals surface area contributed by atoms with Gasteiger partial charge in [-0.25, -0.2) is 0 Å². The molecule has 0 N–H and O–H groups in total. The van der Waals surface area contributed by atoms with Crippen LogP contribution in [0, 0.1) is 0 Å². The quantitative estimate of drug-likeness (QED) is 0.819. The van der Waals surface area contributed by atoms with Crippen LogP contribution in [0.5, 0.6) is 5.75 Å². The molecule has 5 heteroatoms. The Hall–Kier alpha value is -2.04. The van der Waals surface area contributed by atoms with E-state index in [1.54, 1.807) is 19.1 Å². The Labute approximate surface area is 153 Å². The SMILES string of the molecule is CC(Oc1ccccc1Cl)C(=O)N1CCOC(Cc2ccccc2)C1. The number of carbonyl (C=O) groups is 1. The number of ether oxygens (including phenoxy) is 2. The van der Waals surface area contributed by atoms with Gasteiger partial charge in [-0.3, -0.25) is 4.79 Å². The van der Waals surface area contributed by atoms with Crippen LogP contribution in [0.25, 0.3) is 0 Å². The van der Waals surface area contributed by atoms with Gasteiger partial charge < -0.3 is 14.4 Å². The van der Waals surface area contributed by atoms with Crippen molar-refractivity contribution in [2.24, 2.45) is 0 Å². The van der Waals surface area contributed by atoms with Gasteiger partial charge in [0, 0.05) is 19.5 Å². The number of rotatable bonds is 5. The molecular weight excluding hydrogens is 338 g/mol. The normalized spacial score (nSPS) is 18.6. The van der Waals surface area contributed by atoms with Crippen LogP contribution in [0.1, 0.15) is 12.5 Å². The number of benzene rings is 2. The van der Waals surface area contributed by atoms with Gasteiger partial charge in [0.15, 0.2) is 6.10 Å². The van der Waals surface area contributed by atoms with Gasteiger partial charge in [0.05, 0.1) is 17.7 Å². The second-order valence-corrected chi connectivity index (χ2v) is 6.56. The highest BCUT2D eigenvalue weighted by molar-refractivity contribution is 6.32. The highest BCUT2D eigenvalue weighted by Gasteiger charge is 2.28. The topological polar surface area (TPSA) is 38.8 Å². The minimum Gasteiger partial charge on any atom is -0.479 e. The molecule has 1 saturated heterocycles. The number of nitrogens with zero attached hydrogens (tertiary/aromatic N) is 1. The Balaban J connectivity index is 1.58. The number of hydrogen-bond donors (Lipinski definition) is 0. The maximum absolute atomic E-state index is 12.7. The van der Waals surface area contributed by atoms with Crippen LogP contribution in [0.4, 0.5) is 0 Å². The van der Waals surface area contributed by atoms with Crippen LogP contribution < -0.4 is 4.74 Å². The smallest absolute Gasteiger partial charge is 0.263 e. The lowest BCUT2D eigenvalue weighted by Gasteiger charge is -2.34. The van der Waals surface area contributed by atoms with Gasteiger partial charge in [-0.15, -0.1) is 0 Å². The standard InChI is InChI=1S/C20H22ClNO3/c1-15(25-19-10-6-5-9-18(19)21)20(23)22-11-12-24-17(14-22)13-16-7-3-2-4-8-16/h2-10,15,17H,11-14H2,1H3. The highest BCUT2D eigenvalue weighted by Crippen LogP contribution is 2.24. The van der Waals surface area contributed by atoms with Crippen LogP contribution in [-0.2, 0) is 16.0 Å². The molecular formula is C20H22ClNO3. The van der Waals surface area contributed by atoms with Crippen molar-refractivity contribution in [3.05, 3.63) is 65.2 Å². The molecule has 2 aromatic carbocycles. The third-order valence-corrected chi connectivity index (χ3v) is 4.56. The largest absolute Gasteiger partial charge is 0.479 e. The van der Waals surface area contributed by atoms with Crippen molar-refractivity contribution >= 4 is 17.5 Å². The van der Waals surface area contributed by atoms with Gasteiger partial charge in [-0.2, -0.15) is 0 Å². The molecule has 1 amide bonds. The van der Waals surface area contributed by atoms with Crippen LogP contribution in [-0.4, -0.2) is 42.7 Å². The summed E-state index contributed by atoms with van der Waals surface area (Å²) in [6, 6.07) is 17.4. The molecule has 1 fully saturated rings. The number of morpholine rings is 1. The molecule has 3 rings (SSSR count). The van der Waals surface area contributed by atoms with E-state index in [1.807, 2.05) is 35.2 Å². The minimum absolute atomic E-state index is 0.00705. The average Bonchev–Trinajstić information content (AvgIpc) is 2.64. The summed E-state index contributed by atoms with van der Waals surface area (Å²) in [7, 11) is 0. The second kappa shape index (κ2) is 8.37. The summed E-state index contributed by atoms with van der Waals surface area (Å²) < 4.78 is 11.6. The molecule has 1 aliphatic heterocycles. The van der Waals surface area contributed by atoms with E-state index in [9.17, 15) is 4.79 Å². The maximum atomic E-state index is 12.7. The maximum Gasteiger partial charge on any atom is 0.263 e. The summed E-state index contributed by atoms with van der Waals surface area (Å²) in [5.41, 5.74) is 1.21. The zero-order valence-corrected chi connectivity index (χ0v) is 15.0. The summed E-state index contributed by atoms with van der Waals surface area (Å²) >= 11 is 6.10.